The third-order valence-corrected chi connectivity index (χ3v) is 4.06. The molecule has 2 aliphatic rings. The van der Waals surface area contributed by atoms with E-state index in [0.717, 1.165) is 36.8 Å². The van der Waals surface area contributed by atoms with Gasteiger partial charge in [-0.05, 0) is 31.6 Å². The van der Waals surface area contributed by atoms with Crippen molar-refractivity contribution >= 4 is 0 Å². The quantitative estimate of drug-likeness (QED) is 0.801. The number of allylic oxidation sites excluding steroid dienone is 1. The van der Waals surface area contributed by atoms with E-state index in [4.69, 9.17) is 0 Å². The number of piperidine rings is 1. The molecule has 0 spiro atoms. The molecule has 1 aromatic heterocycles. The molecule has 2 aliphatic heterocycles. The summed E-state index contributed by atoms with van der Waals surface area (Å²) >= 11 is 0. The summed E-state index contributed by atoms with van der Waals surface area (Å²) in [6.45, 7) is 4.59. The molecule has 0 aliphatic carbocycles. The van der Waals surface area contributed by atoms with Crippen molar-refractivity contribution in [2.45, 2.75) is 50.7 Å². The lowest BCUT2D eigenvalue weighted by atomic mass is 9.89. The topological polar surface area (TPSA) is 42.7 Å². The fourth-order valence-electron chi connectivity index (χ4n) is 3.33. The summed E-state index contributed by atoms with van der Waals surface area (Å²) in [7, 11) is 0. The van der Waals surface area contributed by atoms with E-state index in [1.54, 1.807) is 0 Å². The van der Waals surface area contributed by atoms with Gasteiger partial charge in [0.25, 0.3) is 0 Å². The van der Waals surface area contributed by atoms with Gasteiger partial charge in [-0.1, -0.05) is 6.08 Å². The molecule has 2 saturated heterocycles. The Hall–Kier alpha value is -1.16. The minimum Gasteiger partial charge on any atom is -0.314 e. The summed E-state index contributed by atoms with van der Waals surface area (Å²) in [5, 5.41) is 11.9. The Morgan fingerprint density at radius 1 is 1.41 bits per heavy atom. The zero-order valence-corrected chi connectivity index (χ0v) is 10.2. The Morgan fingerprint density at radius 3 is 2.88 bits per heavy atom. The number of hydrogen-bond donors (Lipinski definition) is 1. The van der Waals surface area contributed by atoms with Crippen LogP contribution in [0.4, 0.5) is 0 Å². The zero-order chi connectivity index (χ0) is 11.7. The molecule has 92 valence electrons. The minimum absolute atomic E-state index is 0.759. The second kappa shape index (κ2) is 4.61. The molecule has 2 atom stereocenters. The average Bonchev–Trinajstić information content (AvgIpc) is 2.87. The maximum atomic E-state index is 4.24. The second-order valence-electron chi connectivity index (χ2n) is 5.37. The first kappa shape index (κ1) is 11.0. The van der Waals surface area contributed by atoms with Crippen LogP contribution in [-0.2, 0) is 13.0 Å². The predicted molar refractivity (Wildman–Crippen MR) is 66.6 cm³/mol. The monoisotopic (exact) mass is 232 g/mol. The molecule has 4 nitrogen and oxygen atoms in total. The molecule has 0 radical (unpaired) electrons. The molecule has 0 saturated carbocycles. The van der Waals surface area contributed by atoms with Gasteiger partial charge in [-0.15, -0.1) is 16.8 Å². The Balaban J connectivity index is 1.66. The minimum atomic E-state index is 0.759. The molecule has 0 aromatic carbocycles. The third kappa shape index (κ3) is 2.27. The van der Waals surface area contributed by atoms with Crippen LogP contribution in [0.3, 0.4) is 0 Å². The molecule has 17 heavy (non-hydrogen) atoms. The highest BCUT2D eigenvalue weighted by molar-refractivity contribution is 4.97. The average molecular weight is 232 g/mol. The molecule has 2 fully saturated rings. The van der Waals surface area contributed by atoms with E-state index in [9.17, 15) is 0 Å². The van der Waals surface area contributed by atoms with Crippen LogP contribution in [-0.4, -0.2) is 26.8 Å². The summed E-state index contributed by atoms with van der Waals surface area (Å²) in [5.74, 6) is 1.90. The van der Waals surface area contributed by atoms with Crippen LogP contribution in [0.25, 0.3) is 0 Å². The van der Waals surface area contributed by atoms with Gasteiger partial charge in [-0.2, -0.15) is 0 Å². The second-order valence-corrected chi connectivity index (χ2v) is 5.37. The first-order chi connectivity index (χ1) is 8.35. The van der Waals surface area contributed by atoms with Gasteiger partial charge >= 0.3 is 0 Å². The first-order valence-electron chi connectivity index (χ1n) is 6.58. The fraction of sp³-hybridized carbons (Fsp3) is 0.692. The lowest BCUT2D eigenvalue weighted by molar-refractivity contribution is 0.293. The van der Waals surface area contributed by atoms with Crippen LogP contribution in [0, 0.1) is 5.92 Å². The molecule has 2 bridgehead atoms. The Bertz CT molecular complexity index is 386. The maximum Gasteiger partial charge on any atom is 0.133 e. The molecular formula is C13H20N4. The smallest absolute Gasteiger partial charge is 0.133 e. The highest BCUT2D eigenvalue weighted by Crippen LogP contribution is 2.32. The van der Waals surface area contributed by atoms with Crippen molar-refractivity contribution in [3.05, 3.63) is 24.8 Å². The van der Waals surface area contributed by atoms with Crippen LogP contribution in [0.15, 0.2) is 19.0 Å². The summed E-state index contributed by atoms with van der Waals surface area (Å²) < 4.78 is 2.11. The van der Waals surface area contributed by atoms with E-state index in [0.29, 0.717) is 0 Å². The van der Waals surface area contributed by atoms with Crippen molar-refractivity contribution < 1.29 is 0 Å². The van der Waals surface area contributed by atoms with E-state index in [1.807, 2.05) is 12.4 Å². The van der Waals surface area contributed by atoms with E-state index < -0.39 is 0 Å². The Morgan fingerprint density at radius 2 is 2.18 bits per heavy atom. The molecule has 1 aromatic rings. The van der Waals surface area contributed by atoms with Crippen molar-refractivity contribution in [3.8, 4) is 0 Å². The third-order valence-electron chi connectivity index (χ3n) is 4.06. The van der Waals surface area contributed by atoms with E-state index in [2.05, 4.69) is 26.7 Å². The number of nitrogens with one attached hydrogen (secondary N) is 1. The number of hydrogen-bond acceptors (Lipinski definition) is 3. The van der Waals surface area contributed by atoms with Gasteiger partial charge in [0, 0.05) is 25.0 Å². The number of fused-ring (bicyclic) bond motifs is 2. The lowest BCUT2D eigenvalue weighted by Gasteiger charge is -2.28. The zero-order valence-electron chi connectivity index (χ0n) is 10.2. The highest BCUT2D eigenvalue weighted by Gasteiger charge is 2.33. The molecule has 2 unspecified atom stereocenters. The van der Waals surface area contributed by atoms with E-state index in [1.165, 1.54) is 25.7 Å². The van der Waals surface area contributed by atoms with Crippen molar-refractivity contribution in [1.29, 1.82) is 0 Å². The Kier molecular flexibility index (Phi) is 2.97. The SMILES string of the molecule is C=CCn1cnnc1CC1CC2CCC(C1)N2. The summed E-state index contributed by atoms with van der Waals surface area (Å²) in [4.78, 5) is 0. The van der Waals surface area contributed by atoms with Gasteiger partial charge in [0.1, 0.15) is 12.2 Å². The van der Waals surface area contributed by atoms with Crippen LogP contribution >= 0.6 is 0 Å². The molecule has 3 rings (SSSR count). The molecule has 4 heteroatoms. The maximum absolute atomic E-state index is 4.24. The van der Waals surface area contributed by atoms with Crippen molar-refractivity contribution in [1.82, 2.24) is 20.1 Å². The first-order valence-corrected chi connectivity index (χ1v) is 6.58. The van der Waals surface area contributed by atoms with Crippen LogP contribution < -0.4 is 5.32 Å². The fourth-order valence-corrected chi connectivity index (χ4v) is 3.33. The highest BCUT2D eigenvalue weighted by atomic mass is 15.3. The molecule has 3 heterocycles. The number of rotatable bonds is 4. The predicted octanol–water partition coefficient (Wildman–Crippen LogP) is 1.54. The van der Waals surface area contributed by atoms with Gasteiger partial charge in [0.15, 0.2) is 0 Å². The van der Waals surface area contributed by atoms with Crippen molar-refractivity contribution in [2.24, 2.45) is 5.92 Å². The van der Waals surface area contributed by atoms with E-state index in [-0.39, 0.29) is 0 Å². The van der Waals surface area contributed by atoms with E-state index >= 15 is 0 Å². The van der Waals surface area contributed by atoms with Gasteiger partial charge < -0.3 is 9.88 Å². The largest absolute Gasteiger partial charge is 0.314 e. The normalized spacial score (nSPS) is 31.6. The number of nitrogens with zero attached hydrogens (tertiary/aromatic N) is 3. The number of aromatic nitrogens is 3. The summed E-state index contributed by atoms with van der Waals surface area (Å²) in [5.41, 5.74) is 0. The summed E-state index contributed by atoms with van der Waals surface area (Å²) in [6.07, 6.45) is 10.1. The standard InChI is InChI=1S/C13H20N4/c1-2-5-17-9-14-16-13(17)8-10-6-11-3-4-12(7-10)15-11/h2,9-12,15H,1,3-8H2. The van der Waals surface area contributed by atoms with Gasteiger partial charge in [-0.3, -0.25) is 0 Å². The van der Waals surface area contributed by atoms with Gasteiger partial charge in [0.2, 0.25) is 0 Å². The molecule has 1 N–H and O–H groups in total. The Labute approximate surface area is 102 Å². The van der Waals surface area contributed by atoms with Crippen LogP contribution in [0.2, 0.25) is 0 Å². The molecule has 0 amide bonds. The van der Waals surface area contributed by atoms with Gasteiger partial charge in [-0.25, -0.2) is 0 Å². The van der Waals surface area contributed by atoms with Gasteiger partial charge in [0.05, 0.1) is 0 Å². The van der Waals surface area contributed by atoms with Crippen molar-refractivity contribution in [3.63, 3.8) is 0 Å². The lowest BCUT2D eigenvalue weighted by Crippen LogP contribution is -2.38. The van der Waals surface area contributed by atoms with Crippen LogP contribution in [0.5, 0.6) is 0 Å². The molecular weight excluding hydrogens is 212 g/mol. The summed E-state index contributed by atoms with van der Waals surface area (Å²) in [6, 6.07) is 1.52. The van der Waals surface area contributed by atoms with Crippen LogP contribution in [0.1, 0.15) is 31.5 Å². The van der Waals surface area contributed by atoms with Crippen molar-refractivity contribution in [2.75, 3.05) is 0 Å².